The van der Waals surface area contributed by atoms with Crippen molar-refractivity contribution < 1.29 is 18.7 Å². The van der Waals surface area contributed by atoms with Crippen LogP contribution in [0.25, 0.3) is 0 Å². The Balaban J connectivity index is 1.51. The van der Waals surface area contributed by atoms with E-state index in [0.29, 0.717) is 18.4 Å². The van der Waals surface area contributed by atoms with Crippen LogP contribution in [0, 0.1) is 5.82 Å². The molecule has 0 bridgehead atoms. The second-order valence-electron chi connectivity index (χ2n) is 9.04. The van der Waals surface area contributed by atoms with Crippen LogP contribution in [0.4, 0.5) is 10.1 Å². The number of para-hydroxylation sites is 1. The number of carbonyl (C=O) groups is 2. The quantitative estimate of drug-likeness (QED) is 0.500. The van der Waals surface area contributed by atoms with Crippen LogP contribution in [0.1, 0.15) is 50.7 Å². The average Bonchev–Trinajstić information content (AvgIpc) is 3.32. The molecule has 2 aliphatic rings. The minimum Gasteiger partial charge on any atom is -0.457 e. The third-order valence-corrected chi connectivity index (χ3v) is 6.82. The molecule has 0 atom stereocenters. The number of halogens is 1. The smallest absolute Gasteiger partial charge is 0.317 e. The van der Waals surface area contributed by atoms with E-state index in [1.54, 1.807) is 24.3 Å². The molecular weight excluding hydrogens is 393 g/mol. The van der Waals surface area contributed by atoms with Crippen molar-refractivity contribution in [3.8, 4) is 0 Å². The van der Waals surface area contributed by atoms with Gasteiger partial charge in [-0.1, -0.05) is 63.1 Å². The molecule has 0 aromatic heterocycles. The molecule has 0 amide bonds. The third-order valence-electron chi connectivity index (χ3n) is 6.82. The first-order valence-electron chi connectivity index (χ1n) is 10.8. The Kier molecular flexibility index (Phi) is 5.46. The molecule has 4 nitrogen and oxygen atoms in total. The van der Waals surface area contributed by atoms with E-state index in [4.69, 9.17) is 4.74 Å². The lowest BCUT2D eigenvalue weighted by Gasteiger charge is -2.27. The van der Waals surface area contributed by atoms with Crippen molar-refractivity contribution in [3.05, 3.63) is 77.2 Å². The Morgan fingerprint density at radius 3 is 2.29 bits per heavy atom. The molecule has 2 aromatic carbocycles. The molecule has 0 spiro atoms. The van der Waals surface area contributed by atoms with Crippen LogP contribution in [-0.4, -0.2) is 25.4 Å². The first kappa shape index (κ1) is 21.3. The van der Waals surface area contributed by atoms with Crippen LogP contribution in [0.3, 0.4) is 0 Å². The minimum atomic E-state index is -1.00. The van der Waals surface area contributed by atoms with E-state index in [2.05, 4.69) is 19.9 Å². The van der Waals surface area contributed by atoms with Gasteiger partial charge >= 0.3 is 5.97 Å². The molecular formula is C26H28FNO3. The van der Waals surface area contributed by atoms with Crippen LogP contribution in [0.2, 0.25) is 0 Å². The molecule has 162 valence electrons. The van der Waals surface area contributed by atoms with Crippen LogP contribution in [0.5, 0.6) is 0 Å². The predicted octanol–water partition coefficient (Wildman–Crippen LogP) is 5.06. The summed E-state index contributed by atoms with van der Waals surface area (Å²) < 4.78 is 20.0. The number of anilines is 1. The molecule has 1 aliphatic carbocycles. The van der Waals surface area contributed by atoms with Crippen LogP contribution >= 0.6 is 0 Å². The van der Waals surface area contributed by atoms with Gasteiger partial charge in [-0.3, -0.25) is 9.59 Å². The first-order valence-corrected chi connectivity index (χ1v) is 10.8. The fraction of sp³-hybridized carbons (Fsp3) is 0.385. The normalized spacial score (nSPS) is 20.0. The Hall–Kier alpha value is -2.95. The second kappa shape index (κ2) is 7.95. The van der Waals surface area contributed by atoms with Gasteiger partial charge in [-0.25, -0.2) is 4.39 Å². The van der Waals surface area contributed by atoms with Gasteiger partial charge in [0.05, 0.1) is 5.41 Å². The van der Waals surface area contributed by atoms with Gasteiger partial charge in [0.15, 0.2) is 12.4 Å². The van der Waals surface area contributed by atoms with Gasteiger partial charge < -0.3 is 9.64 Å². The number of carbonyl (C=O) groups excluding carboxylic acids is 2. The highest BCUT2D eigenvalue weighted by atomic mass is 19.1. The summed E-state index contributed by atoms with van der Waals surface area (Å²) >= 11 is 0. The maximum atomic E-state index is 14.5. The maximum Gasteiger partial charge on any atom is 0.317 e. The molecule has 0 saturated heterocycles. The summed E-state index contributed by atoms with van der Waals surface area (Å²) in [6, 6.07) is 14.4. The zero-order valence-corrected chi connectivity index (χ0v) is 18.3. The van der Waals surface area contributed by atoms with Crippen molar-refractivity contribution in [2.45, 2.75) is 50.4 Å². The summed E-state index contributed by atoms with van der Waals surface area (Å²) in [5, 5.41) is 0. The largest absolute Gasteiger partial charge is 0.457 e. The summed E-state index contributed by atoms with van der Waals surface area (Å²) in [5.41, 5.74) is 2.12. The Morgan fingerprint density at radius 1 is 1.03 bits per heavy atom. The standard InChI is InChI=1S/C26H28FNO3/c1-25(2)20-11-5-7-13-22(20)28(3)23(25)16-18(29)17-31-24(30)26(14-8-9-15-26)19-10-4-6-12-21(19)27/h4-7,10-13,16H,8-9,14-15,17H2,1-3H3/b23-16+. The Morgan fingerprint density at radius 2 is 1.65 bits per heavy atom. The summed E-state index contributed by atoms with van der Waals surface area (Å²) in [5.74, 6) is -1.19. The van der Waals surface area contributed by atoms with E-state index in [9.17, 15) is 14.0 Å². The lowest BCUT2D eigenvalue weighted by Crippen LogP contribution is -2.36. The number of benzene rings is 2. The second-order valence-corrected chi connectivity index (χ2v) is 9.04. The van der Waals surface area contributed by atoms with Crippen molar-refractivity contribution >= 4 is 17.4 Å². The van der Waals surface area contributed by atoms with Gasteiger partial charge in [-0.05, 0) is 30.5 Å². The number of esters is 1. The van der Waals surface area contributed by atoms with Crippen LogP contribution in [-0.2, 0) is 25.2 Å². The first-order chi connectivity index (χ1) is 14.8. The molecule has 0 N–H and O–H groups in total. The lowest BCUT2D eigenvalue weighted by atomic mass is 9.78. The number of ether oxygens (including phenoxy) is 1. The molecule has 4 rings (SSSR count). The van der Waals surface area contributed by atoms with Gasteiger partial charge in [0, 0.05) is 35.5 Å². The van der Waals surface area contributed by atoms with Gasteiger partial charge in [-0.2, -0.15) is 0 Å². The van der Waals surface area contributed by atoms with E-state index < -0.39 is 17.2 Å². The van der Waals surface area contributed by atoms with Gasteiger partial charge in [0.1, 0.15) is 5.82 Å². The SMILES string of the molecule is CN1/C(=C/C(=O)COC(=O)C2(c3ccccc3F)CCCC2)C(C)(C)c2ccccc21. The van der Waals surface area contributed by atoms with Crippen molar-refractivity contribution in [3.63, 3.8) is 0 Å². The zero-order valence-electron chi connectivity index (χ0n) is 18.3. The molecule has 5 heteroatoms. The van der Waals surface area contributed by atoms with Gasteiger partial charge in [-0.15, -0.1) is 0 Å². The topological polar surface area (TPSA) is 46.6 Å². The van der Waals surface area contributed by atoms with Gasteiger partial charge in [0.25, 0.3) is 0 Å². The molecule has 0 radical (unpaired) electrons. The summed E-state index contributed by atoms with van der Waals surface area (Å²) in [6.07, 6.45) is 4.30. The van der Waals surface area contributed by atoms with E-state index in [-0.39, 0.29) is 17.8 Å². The van der Waals surface area contributed by atoms with Crippen molar-refractivity contribution in [1.29, 1.82) is 0 Å². The summed E-state index contributed by atoms with van der Waals surface area (Å²) in [7, 11) is 1.93. The number of allylic oxidation sites excluding steroid dienone is 1. The van der Waals surface area contributed by atoms with Crippen LogP contribution < -0.4 is 4.90 Å². The summed E-state index contributed by atoms with van der Waals surface area (Å²) in [4.78, 5) is 27.8. The number of rotatable bonds is 5. The molecule has 1 aliphatic heterocycles. The monoisotopic (exact) mass is 421 g/mol. The highest BCUT2D eigenvalue weighted by molar-refractivity contribution is 5.95. The number of hydrogen-bond acceptors (Lipinski definition) is 4. The molecule has 1 saturated carbocycles. The highest BCUT2D eigenvalue weighted by Gasteiger charge is 2.46. The Bertz CT molecular complexity index is 1050. The van der Waals surface area contributed by atoms with E-state index in [1.165, 1.54) is 6.07 Å². The molecule has 2 aromatic rings. The zero-order chi connectivity index (χ0) is 22.2. The van der Waals surface area contributed by atoms with Crippen molar-refractivity contribution in [1.82, 2.24) is 0 Å². The number of fused-ring (bicyclic) bond motifs is 1. The van der Waals surface area contributed by atoms with Crippen molar-refractivity contribution in [2.75, 3.05) is 18.6 Å². The van der Waals surface area contributed by atoms with E-state index in [1.807, 2.05) is 30.1 Å². The predicted molar refractivity (Wildman–Crippen MR) is 118 cm³/mol. The summed E-state index contributed by atoms with van der Waals surface area (Å²) in [6.45, 7) is 3.80. The number of hydrogen-bond donors (Lipinski definition) is 0. The average molecular weight is 422 g/mol. The number of likely N-dealkylation sites (N-methyl/N-ethyl adjacent to an activating group) is 1. The number of nitrogens with zero attached hydrogens (tertiary/aromatic N) is 1. The molecule has 1 heterocycles. The molecule has 1 fully saturated rings. The Labute approximate surface area is 182 Å². The minimum absolute atomic E-state index is 0.280. The highest BCUT2D eigenvalue weighted by Crippen LogP contribution is 2.46. The fourth-order valence-corrected chi connectivity index (χ4v) is 5.14. The maximum absolute atomic E-state index is 14.5. The number of ketones is 1. The van der Waals surface area contributed by atoms with E-state index >= 15 is 0 Å². The fourth-order valence-electron chi connectivity index (χ4n) is 5.14. The lowest BCUT2D eigenvalue weighted by molar-refractivity contribution is -0.153. The van der Waals surface area contributed by atoms with Crippen molar-refractivity contribution in [2.24, 2.45) is 0 Å². The molecule has 31 heavy (non-hydrogen) atoms. The van der Waals surface area contributed by atoms with E-state index in [0.717, 1.165) is 29.8 Å². The third kappa shape index (κ3) is 3.56. The van der Waals surface area contributed by atoms with Crippen LogP contribution in [0.15, 0.2) is 60.3 Å². The van der Waals surface area contributed by atoms with Gasteiger partial charge in [0.2, 0.25) is 0 Å². The molecule has 0 unspecified atom stereocenters.